The van der Waals surface area contributed by atoms with E-state index >= 15 is 0 Å². The summed E-state index contributed by atoms with van der Waals surface area (Å²) in [5.41, 5.74) is 2.30. The van der Waals surface area contributed by atoms with Gasteiger partial charge in [0.15, 0.2) is 5.78 Å². The van der Waals surface area contributed by atoms with Gasteiger partial charge >= 0.3 is 0 Å². The third-order valence-electron chi connectivity index (χ3n) is 2.18. The predicted molar refractivity (Wildman–Crippen MR) is 52.4 cm³/mol. The van der Waals surface area contributed by atoms with Crippen LogP contribution in [0.15, 0.2) is 18.3 Å². The number of aryl methyl sites for hydroxylation is 1. The highest BCUT2D eigenvalue weighted by Gasteiger charge is 2.14. The summed E-state index contributed by atoms with van der Waals surface area (Å²) >= 11 is 0. The van der Waals surface area contributed by atoms with Crippen LogP contribution < -0.4 is 0 Å². The molecule has 2 aromatic rings. The van der Waals surface area contributed by atoms with E-state index < -0.39 is 0 Å². The maximum absolute atomic E-state index is 11.4. The Morgan fingerprint density at radius 2 is 2.36 bits per heavy atom. The molecule has 0 saturated heterocycles. The van der Waals surface area contributed by atoms with Crippen molar-refractivity contribution in [1.29, 1.82) is 0 Å². The van der Waals surface area contributed by atoms with Gasteiger partial charge in [0.25, 0.3) is 0 Å². The molecule has 0 fully saturated rings. The van der Waals surface area contributed by atoms with Gasteiger partial charge in [-0.1, -0.05) is 6.92 Å². The average Bonchev–Trinajstić information content (AvgIpc) is 2.55. The van der Waals surface area contributed by atoms with Crippen LogP contribution in [-0.2, 0) is 6.42 Å². The van der Waals surface area contributed by atoms with E-state index in [0.29, 0.717) is 5.56 Å². The minimum Gasteiger partial charge on any atom is -0.294 e. The standard InChI is InChI=1S/C10H11N3O/c1-3-8-10(7(2)14)9-5-4-6-11-13(9)12-8/h4-6H,3H2,1-2H3. The zero-order valence-electron chi connectivity index (χ0n) is 8.19. The molecule has 0 amide bonds. The molecular weight excluding hydrogens is 178 g/mol. The SMILES string of the molecule is CCc1nn2ncccc2c1C(C)=O. The lowest BCUT2D eigenvalue weighted by molar-refractivity contribution is 0.101. The second-order valence-corrected chi connectivity index (χ2v) is 3.13. The summed E-state index contributed by atoms with van der Waals surface area (Å²) in [6.45, 7) is 3.54. The minimum atomic E-state index is 0.0462. The first-order chi connectivity index (χ1) is 6.74. The highest BCUT2D eigenvalue weighted by molar-refractivity contribution is 6.01. The summed E-state index contributed by atoms with van der Waals surface area (Å²) in [5, 5.41) is 8.28. The van der Waals surface area contributed by atoms with Gasteiger partial charge < -0.3 is 0 Å². The molecule has 0 unspecified atom stereocenters. The Kier molecular flexibility index (Phi) is 2.04. The number of Topliss-reactive ketones (excluding diaryl/α,β-unsaturated/α-hetero) is 1. The lowest BCUT2D eigenvalue weighted by Crippen LogP contribution is -1.95. The van der Waals surface area contributed by atoms with Crippen LogP contribution in [0.5, 0.6) is 0 Å². The third-order valence-corrected chi connectivity index (χ3v) is 2.18. The fourth-order valence-corrected chi connectivity index (χ4v) is 1.57. The van der Waals surface area contributed by atoms with E-state index in [0.717, 1.165) is 17.6 Å². The lowest BCUT2D eigenvalue weighted by Gasteiger charge is -1.93. The topological polar surface area (TPSA) is 47.3 Å². The van der Waals surface area contributed by atoms with Crippen molar-refractivity contribution in [3.8, 4) is 0 Å². The van der Waals surface area contributed by atoms with Crippen LogP contribution in [0.1, 0.15) is 29.9 Å². The van der Waals surface area contributed by atoms with Gasteiger partial charge in [-0.3, -0.25) is 4.79 Å². The fourth-order valence-electron chi connectivity index (χ4n) is 1.57. The number of hydrogen-bond donors (Lipinski definition) is 0. The number of fused-ring (bicyclic) bond motifs is 1. The van der Waals surface area contributed by atoms with E-state index in [1.54, 1.807) is 13.1 Å². The molecule has 0 N–H and O–H groups in total. The molecular formula is C10H11N3O. The number of carbonyl (C=O) groups excluding carboxylic acids is 1. The van der Waals surface area contributed by atoms with Crippen molar-refractivity contribution in [2.45, 2.75) is 20.3 Å². The highest BCUT2D eigenvalue weighted by atomic mass is 16.1. The number of carbonyl (C=O) groups is 1. The molecule has 72 valence electrons. The Morgan fingerprint density at radius 3 is 3.00 bits per heavy atom. The van der Waals surface area contributed by atoms with Gasteiger partial charge in [0, 0.05) is 6.20 Å². The van der Waals surface area contributed by atoms with Crippen LogP contribution in [-0.4, -0.2) is 20.6 Å². The number of nitrogens with zero attached hydrogens (tertiary/aromatic N) is 3. The Morgan fingerprint density at radius 1 is 1.57 bits per heavy atom. The van der Waals surface area contributed by atoms with Gasteiger partial charge in [0.05, 0.1) is 16.8 Å². The molecule has 0 aliphatic carbocycles. The summed E-state index contributed by atoms with van der Waals surface area (Å²) in [5.74, 6) is 0.0462. The molecule has 14 heavy (non-hydrogen) atoms. The molecule has 0 aliphatic heterocycles. The lowest BCUT2D eigenvalue weighted by atomic mass is 10.1. The van der Waals surface area contributed by atoms with Crippen LogP contribution in [0.4, 0.5) is 0 Å². The van der Waals surface area contributed by atoms with E-state index in [4.69, 9.17) is 0 Å². The second-order valence-electron chi connectivity index (χ2n) is 3.13. The molecule has 0 atom stereocenters. The first-order valence-electron chi connectivity index (χ1n) is 4.58. The van der Waals surface area contributed by atoms with Gasteiger partial charge in [0.2, 0.25) is 0 Å². The summed E-state index contributed by atoms with van der Waals surface area (Å²) < 4.78 is 1.51. The quantitative estimate of drug-likeness (QED) is 0.672. The zero-order chi connectivity index (χ0) is 10.1. The predicted octanol–water partition coefficient (Wildman–Crippen LogP) is 1.49. The third kappa shape index (κ3) is 1.19. The number of ketones is 1. The summed E-state index contributed by atoms with van der Waals surface area (Å²) in [6, 6.07) is 3.67. The van der Waals surface area contributed by atoms with Crippen LogP contribution in [0.2, 0.25) is 0 Å². The maximum Gasteiger partial charge on any atom is 0.163 e. The van der Waals surface area contributed by atoms with Crippen molar-refractivity contribution in [3.05, 3.63) is 29.6 Å². The Bertz CT molecular complexity index is 487. The molecule has 2 aromatic heterocycles. The van der Waals surface area contributed by atoms with Crippen molar-refractivity contribution in [2.75, 3.05) is 0 Å². The summed E-state index contributed by atoms with van der Waals surface area (Å²) in [4.78, 5) is 11.4. The van der Waals surface area contributed by atoms with E-state index in [-0.39, 0.29) is 5.78 Å². The minimum absolute atomic E-state index is 0.0462. The number of rotatable bonds is 2. The maximum atomic E-state index is 11.4. The van der Waals surface area contributed by atoms with E-state index in [1.165, 1.54) is 4.63 Å². The van der Waals surface area contributed by atoms with Crippen LogP contribution >= 0.6 is 0 Å². The molecule has 4 heteroatoms. The van der Waals surface area contributed by atoms with E-state index in [2.05, 4.69) is 10.2 Å². The van der Waals surface area contributed by atoms with Gasteiger partial charge in [-0.2, -0.15) is 14.8 Å². The fraction of sp³-hybridized carbons (Fsp3) is 0.300. The summed E-state index contributed by atoms with van der Waals surface area (Å²) in [6.07, 6.45) is 2.40. The van der Waals surface area contributed by atoms with Gasteiger partial charge in [0.1, 0.15) is 0 Å². The van der Waals surface area contributed by atoms with E-state index in [1.807, 2.05) is 19.1 Å². The molecule has 0 saturated carbocycles. The number of aromatic nitrogens is 3. The van der Waals surface area contributed by atoms with Crippen molar-refractivity contribution < 1.29 is 4.79 Å². The molecule has 0 spiro atoms. The van der Waals surface area contributed by atoms with Crippen LogP contribution in [0.25, 0.3) is 5.52 Å². The van der Waals surface area contributed by atoms with Crippen molar-refractivity contribution >= 4 is 11.3 Å². The Balaban J connectivity index is 2.81. The van der Waals surface area contributed by atoms with Crippen molar-refractivity contribution in [1.82, 2.24) is 14.8 Å². The second kappa shape index (κ2) is 3.21. The number of hydrogen-bond acceptors (Lipinski definition) is 3. The van der Waals surface area contributed by atoms with Gasteiger partial charge in [-0.05, 0) is 25.5 Å². The van der Waals surface area contributed by atoms with E-state index in [9.17, 15) is 4.79 Å². The summed E-state index contributed by atoms with van der Waals surface area (Å²) in [7, 11) is 0. The first kappa shape index (κ1) is 8.87. The Labute approximate surface area is 81.5 Å². The van der Waals surface area contributed by atoms with Crippen LogP contribution in [0, 0.1) is 0 Å². The largest absolute Gasteiger partial charge is 0.294 e. The molecule has 4 nitrogen and oxygen atoms in total. The zero-order valence-corrected chi connectivity index (χ0v) is 8.19. The normalized spacial score (nSPS) is 10.7. The van der Waals surface area contributed by atoms with Crippen LogP contribution in [0.3, 0.4) is 0 Å². The molecule has 2 rings (SSSR count). The molecule has 0 bridgehead atoms. The average molecular weight is 189 g/mol. The molecule has 0 aliphatic rings. The molecule has 2 heterocycles. The molecule has 0 aromatic carbocycles. The monoisotopic (exact) mass is 189 g/mol. The van der Waals surface area contributed by atoms with Gasteiger partial charge in [-0.15, -0.1) is 0 Å². The Hall–Kier alpha value is -1.71. The van der Waals surface area contributed by atoms with Gasteiger partial charge in [-0.25, -0.2) is 0 Å². The van der Waals surface area contributed by atoms with Crippen molar-refractivity contribution in [2.24, 2.45) is 0 Å². The molecule has 0 radical (unpaired) electrons. The smallest absolute Gasteiger partial charge is 0.163 e. The first-order valence-corrected chi connectivity index (χ1v) is 4.58. The van der Waals surface area contributed by atoms with Crippen molar-refractivity contribution in [3.63, 3.8) is 0 Å². The highest BCUT2D eigenvalue weighted by Crippen LogP contribution is 2.15.